The van der Waals surface area contributed by atoms with Crippen LogP contribution >= 0.6 is 11.3 Å². The van der Waals surface area contributed by atoms with Crippen LogP contribution in [0.5, 0.6) is 0 Å². The van der Waals surface area contributed by atoms with Gasteiger partial charge >= 0.3 is 0 Å². The molecule has 0 aromatic carbocycles. The van der Waals surface area contributed by atoms with E-state index in [2.05, 4.69) is 17.2 Å². The summed E-state index contributed by atoms with van der Waals surface area (Å²) < 4.78 is 0. The maximum atomic E-state index is 12.4. The van der Waals surface area contributed by atoms with E-state index in [0.717, 1.165) is 22.2 Å². The fraction of sp³-hybridized carbons (Fsp3) is 0.467. The van der Waals surface area contributed by atoms with E-state index in [1.54, 1.807) is 6.20 Å². The maximum absolute atomic E-state index is 12.4. The molecule has 2 aromatic heterocycles. The summed E-state index contributed by atoms with van der Waals surface area (Å²) in [6, 6.07) is 2.20. The van der Waals surface area contributed by atoms with Crippen molar-refractivity contribution in [1.29, 1.82) is 0 Å². The topological polar surface area (TPSA) is 68.0 Å². The number of pyridine rings is 1. The first-order valence-electron chi connectivity index (χ1n) is 7.02. The van der Waals surface area contributed by atoms with E-state index in [1.165, 1.54) is 24.2 Å². The second kappa shape index (κ2) is 5.05. The molecule has 1 aliphatic rings. The average molecular weight is 289 g/mol. The molecular weight excluding hydrogens is 270 g/mol. The lowest BCUT2D eigenvalue weighted by Crippen LogP contribution is -2.36. The zero-order valence-corrected chi connectivity index (χ0v) is 12.6. The first kappa shape index (κ1) is 13.4. The minimum absolute atomic E-state index is 0.0522. The smallest absolute Gasteiger partial charge is 0.263 e. The summed E-state index contributed by atoms with van der Waals surface area (Å²) in [4.78, 5) is 18.2. The zero-order valence-electron chi connectivity index (χ0n) is 11.8. The Hall–Kier alpha value is -1.62. The molecule has 5 heteroatoms. The SMILES string of the molecule is Cc1ccnc2sc(C(=O)NC3CCCC3C)c(N)c12. The number of aryl methyl sites for hydroxylation is 1. The van der Waals surface area contributed by atoms with Gasteiger partial charge in [0.2, 0.25) is 0 Å². The Morgan fingerprint density at radius 2 is 2.30 bits per heavy atom. The number of nitrogen functional groups attached to an aromatic ring is 1. The number of thiophene rings is 1. The zero-order chi connectivity index (χ0) is 14.3. The van der Waals surface area contributed by atoms with Crippen molar-refractivity contribution in [2.24, 2.45) is 5.92 Å². The van der Waals surface area contributed by atoms with Crippen molar-refractivity contribution >= 4 is 33.1 Å². The van der Waals surface area contributed by atoms with Crippen LogP contribution in [0.4, 0.5) is 5.69 Å². The van der Waals surface area contributed by atoms with Gasteiger partial charge in [-0.2, -0.15) is 0 Å². The first-order valence-corrected chi connectivity index (χ1v) is 7.84. The molecular formula is C15H19N3OS. The number of hydrogen-bond donors (Lipinski definition) is 2. The number of fused-ring (bicyclic) bond motifs is 1. The number of carbonyl (C=O) groups excluding carboxylic acids is 1. The monoisotopic (exact) mass is 289 g/mol. The number of nitrogens with one attached hydrogen (secondary N) is 1. The van der Waals surface area contributed by atoms with Gasteiger partial charge in [-0.25, -0.2) is 4.98 Å². The number of carbonyl (C=O) groups is 1. The number of amides is 1. The molecule has 0 radical (unpaired) electrons. The second-order valence-electron chi connectivity index (χ2n) is 5.64. The number of nitrogens with zero attached hydrogens (tertiary/aromatic N) is 1. The molecule has 2 aromatic rings. The predicted octanol–water partition coefficient (Wildman–Crippen LogP) is 3.11. The fourth-order valence-electron chi connectivity index (χ4n) is 2.97. The van der Waals surface area contributed by atoms with Gasteiger partial charge in [0.15, 0.2) is 0 Å². The Morgan fingerprint density at radius 1 is 1.50 bits per heavy atom. The van der Waals surface area contributed by atoms with Gasteiger partial charge in [0.25, 0.3) is 5.91 Å². The Labute approximate surface area is 122 Å². The quantitative estimate of drug-likeness (QED) is 0.892. The molecule has 3 N–H and O–H groups in total. The van der Waals surface area contributed by atoms with Crippen molar-refractivity contribution in [3.63, 3.8) is 0 Å². The minimum atomic E-state index is -0.0522. The standard InChI is InChI=1S/C15H19N3OS/c1-8-4-3-5-10(8)18-14(19)13-12(16)11-9(2)6-7-17-15(11)20-13/h6-8,10H,3-5,16H2,1-2H3,(H,18,19). The lowest BCUT2D eigenvalue weighted by atomic mass is 10.1. The Morgan fingerprint density at radius 3 is 2.95 bits per heavy atom. The summed E-state index contributed by atoms with van der Waals surface area (Å²) in [5, 5.41) is 4.05. The molecule has 20 heavy (non-hydrogen) atoms. The molecule has 0 aliphatic heterocycles. The fourth-order valence-corrected chi connectivity index (χ4v) is 4.01. The number of hydrogen-bond acceptors (Lipinski definition) is 4. The molecule has 0 spiro atoms. The van der Waals surface area contributed by atoms with Gasteiger partial charge in [-0.15, -0.1) is 11.3 Å². The molecule has 2 unspecified atom stereocenters. The largest absolute Gasteiger partial charge is 0.397 e. The summed E-state index contributed by atoms with van der Waals surface area (Å²) in [6.45, 7) is 4.19. The Balaban J connectivity index is 1.92. The minimum Gasteiger partial charge on any atom is -0.397 e. The van der Waals surface area contributed by atoms with Crippen LogP contribution in [0.25, 0.3) is 10.2 Å². The van der Waals surface area contributed by atoms with Crippen LogP contribution in [0.1, 0.15) is 41.4 Å². The number of nitrogens with two attached hydrogens (primary N) is 1. The van der Waals surface area contributed by atoms with Gasteiger partial charge in [0.05, 0.1) is 5.69 Å². The van der Waals surface area contributed by atoms with Crippen molar-refractivity contribution < 1.29 is 4.79 Å². The van der Waals surface area contributed by atoms with Gasteiger partial charge < -0.3 is 11.1 Å². The van der Waals surface area contributed by atoms with E-state index in [-0.39, 0.29) is 11.9 Å². The summed E-state index contributed by atoms with van der Waals surface area (Å²) in [5.74, 6) is 0.498. The summed E-state index contributed by atoms with van der Waals surface area (Å²) in [5.41, 5.74) is 7.79. The third-order valence-corrected chi connectivity index (χ3v) is 5.33. The number of aromatic nitrogens is 1. The van der Waals surface area contributed by atoms with E-state index >= 15 is 0 Å². The molecule has 0 bridgehead atoms. The highest BCUT2D eigenvalue weighted by Gasteiger charge is 2.27. The van der Waals surface area contributed by atoms with Crippen molar-refractivity contribution in [2.45, 2.75) is 39.2 Å². The summed E-state index contributed by atoms with van der Waals surface area (Å²) in [6.07, 6.45) is 5.20. The summed E-state index contributed by atoms with van der Waals surface area (Å²) >= 11 is 1.38. The number of anilines is 1. The van der Waals surface area contributed by atoms with Crippen molar-refractivity contribution in [3.8, 4) is 0 Å². The average Bonchev–Trinajstić information content (AvgIpc) is 2.95. The summed E-state index contributed by atoms with van der Waals surface area (Å²) in [7, 11) is 0. The van der Waals surface area contributed by atoms with Crippen LogP contribution in [-0.2, 0) is 0 Å². The third kappa shape index (κ3) is 2.16. The highest BCUT2D eigenvalue weighted by Crippen LogP contribution is 2.34. The van der Waals surface area contributed by atoms with Gasteiger partial charge in [-0.05, 0) is 37.3 Å². The van der Waals surface area contributed by atoms with Crippen LogP contribution in [0.3, 0.4) is 0 Å². The van der Waals surface area contributed by atoms with Crippen LogP contribution in [0.15, 0.2) is 12.3 Å². The molecule has 106 valence electrons. The molecule has 1 amide bonds. The van der Waals surface area contributed by atoms with Crippen LogP contribution in [0.2, 0.25) is 0 Å². The number of rotatable bonds is 2. The Bertz CT molecular complexity index is 664. The van der Waals surface area contributed by atoms with E-state index in [0.29, 0.717) is 16.5 Å². The van der Waals surface area contributed by atoms with E-state index in [4.69, 9.17) is 5.73 Å². The lowest BCUT2D eigenvalue weighted by Gasteiger charge is -2.16. The molecule has 0 saturated heterocycles. The van der Waals surface area contributed by atoms with Gasteiger partial charge in [-0.3, -0.25) is 4.79 Å². The first-order chi connectivity index (χ1) is 9.58. The molecule has 2 heterocycles. The van der Waals surface area contributed by atoms with Crippen LogP contribution in [0, 0.1) is 12.8 Å². The van der Waals surface area contributed by atoms with E-state index in [1.807, 2.05) is 13.0 Å². The molecule has 4 nitrogen and oxygen atoms in total. The molecule has 3 rings (SSSR count). The molecule has 1 saturated carbocycles. The second-order valence-corrected chi connectivity index (χ2v) is 6.64. The van der Waals surface area contributed by atoms with E-state index in [9.17, 15) is 4.79 Å². The van der Waals surface area contributed by atoms with E-state index < -0.39 is 0 Å². The third-order valence-electron chi connectivity index (χ3n) is 4.22. The highest BCUT2D eigenvalue weighted by molar-refractivity contribution is 7.21. The normalized spacial score (nSPS) is 22.3. The van der Waals surface area contributed by atoms with Crippen molar-refractivity contribution in [2.75, 3.05) is 5.73 Å². The highest BCUT2D eigenvalue weighted by atomic mass is 32.1. The lowest BCUT2D eigenvalue weighted by molar-refractivity contribution is 0.0934. The molecule has 1 aliphatic carbocycles. The van der Waals surface area contributed by atoms with Crippen LogP contribution < -0.4 is 11.1 Å². The van der Waals surface area contributed by atoms with Gasteiger partial charge in [-0.1, -0.05) is 13.3 Å². The molecule has 1 fully saturated rings. The Kier molecular flexibility index (Phi) is 3.38. The predicted molar refractivity (Wildman–Crippen MR) is 83.0 cm³/mol. The van der Waals surface area contributed by atoms with Crippen molar-refractivity contribution in [1.82, 2.24) is 10.3 Å². The maximum Gasteiger partial charge on any atom is 0.263 e. The van der Waals surface area contributed by atoms with Gasteiger partial charge in [0, 0.05) is 17.6 Å². The van der Waals surface area contributed by atoms with Crippen molar-refractivity contribution in [3.05, 3.63) is 22.7 Å². The molecule has 2 atom stereocenters. The van der Waals surface area contributed by atoms with Crippen LogP contribution in [-0.4, -0.2) is 16.9 Å². The van der Waals surface area contributed by atoms with Gasteiger partial charge in [0.1, 0.15) is 9.71 Å².